The Bertz CT molecular complexity index is 961. The van der Waals surface area contributed by atoms with E-state index in [9.17, 15) is 39.5 Å². The van der Waals surface area contributed by atoms with E-state index >= 15 is 0 Å². The van der Waals surface area contributed by atoms with Crippen molar-refractivity contribution in [2.45, 2.75) is 25.2 Å². The third kappa shape index (κ3) is 4.22. The molecule has 5 nitrogen and oxygen atoms in total. The number of halogens is 9. The second-order valence-corrected chi connectivity index (χ2v) is 5.91. The van der Waals surface area contributed by atoms with Crippen molar-refractivity contribution >= 4 is 17.2 Å². The van der Waals surface area contributed by atoms with E-state index in [0.29, 0.717) is 7.05 Å². The zero-order chi connectivity index (χ0) is 23.1. The van der Waals surface area contributed by atoms with Gasteiger partial charge in [0.25, 0.3) is 0 Å². The van der Waals surface area contributed by atoms with Crippen LogP contribution in [-0.4, -0.2) is 28.8 Å². The van der Waals surface area contributed by atoms with E-state index in [1.807, 2.05) is 0 Å². The Labute approximate surface area is 163 Å². The SMILES string of the molecule is CONc1cccc(C(C)=Nc2c(C(F)(F)F)c(C(F)(F)C(F)(F)F)nn2C)c1F. The smallest absolute Gasteiger partial charge is 0.279 e. The summed E-state index contributed by atoms with van der Waals surface area (Å²) in [6.45, 7) is 1.05. The van der Waals surface area contributed by atoms with Crippen LogP contribution in [0.1, 0.15) is 23.7 Å². The van der Waals surface area contributed by atoms with Crippen LogP contribution in [0.5, 0.6) is 0 Å². The molecule has 2 rings (SSSR count). The van der Waals surface area contributed by atoms with Crippen molar-refractivity contribution in [3.63, 3.8) is 0 Å². The molecule has 30 heavy (non-hydrogen) atoms. The van der Waals surface area contributed by atoms with Crippen LogP contribution < -0.4 is 5.48 Å². The molecule has 0 bridgehead atoms. The predicted octanol–water partition coefficient (Wildman–Crippen LogP) is 5.35. The lowest BCUT2D eigenvalue weighted by molar-refractivity contribution is -0.292. The van der Waals surface area contributed by atoms with Gasteiger partial charge in [0.2, 0.25) is 0 Å². The van der Waals surface area contributed by atoms with Gasteiger partial charge in [-0.25, -0.2) is 14.1 Å². The Hall–Kier alpha value is -2.77. The van der Waals surface area contributed by atoms with Gasteiger partial charge in [0, 0.05) is 12.6 Å². The number of aryl methyl sites for hydroxylation is 1. The molecule has 0 radical (unpaired) electrons. The molecule has 1 aromatic carbocycles. The first kappa shape index (κ1) is 23.5. The maximum Gasteiger partial charge on any atom is 0.459 e. The molecule has 1 heterocycles. The molecule has 1 aromatic heterocycles. The minimum absolute atomic E-state index is 0.121. The number of nitrogens with one attached hydrogen (secondary N) is 1. The second kappa shape index (κ2) is 7.81. The van der Waals surface area contributed by atoms with Gasteiger partial charge < -0.3 is 0 Å². The first-order valence-corrected chi connectivity index (χ1v) is 7.85. The van der Waals surface area contributed by atoms with Crippen LogP contribution in [0.2, 0.25) is 0 Å². The zero-order valence-corrected chi connectivity index (χ0v) is 15.4. The van der Waals surface area contributed by atoms with E-state index in [0.717, 1.165) is 13.0 Å². The Balaban J connectivity index is 2.73. The summed E-state index contributed by atoms with van der Waals surface area (Å²) < 4.78 is 120. The lowest BCUT2D eigenvalue weighted by Crippen LogP contribution is -2.36. The number of nitrogens with zero attached hydrogens (tertiary/aromatic N) is 3. The van der Waals surface area contributed by atoms with Gasteiger partial charge in [-0.3, -0.25) is 10.3 Å². The maximum absolute atomic E-state index is 14.5. The molecule has 1 N–H and O–H groups in total. The van der Waals surface area contributed by atoms with E-state index < -0.39 is 46.9 Å². The fourth-order valence-corrected chi connectivity index (χ4v) is 2.48. The largest absolute Gasteiger partial charge is 0.459 e. The highest BCUT2D eigenvalue weighted by Crippen LogP contribution is 2.50. The molecule has 0 saturated heterocycles. The second-order valence-electron chi connectivity index (χ2n) is 5.91. The van der Waals surface area contributed by atoms with Gasteiger partial charge in [0.05, 0.1) is 18.5 Å². The molecule has 0 spiro atoms. The molecule has 0 aliphatic rings. The van der Waals surface area contributed by atoms with Crippen LogP contribution in [0.25, 0.3) is 0 Å². The summed E-state index contributed by atoms with van der Waals surface area (Å²) in [7, 11) is 1.87. The third-order valence-corrected chi connectivity index (χ3v) is 3.83. The number of anilines is 1. The monoisotopic (exact) mass is 448 g/mol. The van der Waals surface area contributed by atoms with E-state index in [2.05, 4.69) is 20.4 Å². The topological polar surface area (TPSA) is 51.4 Å². The van der Waals surface area contributed by atoms with Crippen molar-refractivity contribution in [2.24, 2.45) is 12.0 Å². The van der Waals surface area contributed by atoms with Crippen LogP contribution >= 0.6 is 0 Å². The molecule has 0 unspecified atom stereocenters. The Morgan fingerprint density at radius 3 is 2.20 bits per heavy atom. The number of aliphatic imine (C=N–C) groups is 1. The van der Waals surface area contributed by atoms with E-state index in [4.69, 9.17) is 0 Å². The van der Waals surface area contributed by atoms with E-state index in [-0.39, 0.29) is 15.9 Å². The van der Waals surface area contributed by atoms with Crippen molar-refractivity contribution in [3.8, 4) is 0 Å². The Kier molecular flexibility index (Phi) is 6.12. The van der Waals surface area contributed by atoms with Crippen LogP contribution in [0.4, 0.5) is 51.0 Å². The highest BCUT2D eigenvalue weighted by atomic mass is 19.4. The van der Waals surface area contributed by atoms with Gasteiger partial charge in [-0.15, -0.1) is 0 Å². The third-order valence-electron chi connectivity index (χ3n) is 3.83. The van der Waals surface area contributed by atoms with Crippen LogP contribution in [0, 0.1) is 5.82 Å². The highest BCUT2D eigenvalue weighted by molar-refractivity contribution is 6.01. The first-order valence-electron chi connectivity index (χ1n) is 7.85. The summed E-state index contributed by atoms with van der Waals surface area (Å²) in [6, 6.07) is 3.63. The number of hydrogen-bond donors (Lipinski definition) is 1. The Morgan fingerprint density at radius 1 is 1.10 bits per heavy atom. The predicted molar refractivity (Wildman–Crippen MR) is 87.1 cm³/mol. The maximum atomic E-state index is 14.5. The molecule has 0 atom stereocenters. The number of rotatable bonds is 5. The van der Waals surface area contributed by atoms with E-state index in [1.54, 1.807) is 0 Å². The van der Waals surface area contributed by atoms with Gasteiger partial charge in [0.15, 0.2) is 17.3 Å². The molecule has 0 aliphatic heterocycles. The number of hydrogen-bond acceptors (Lipinski definition) is 4. The molecule has 166 valence electrons. The van der Waals surface area contributed by atoms with Crippen molar-refractivity contribution < 1.29 is 44.4 Å². The number of benzene rings is 1. The molecular weight excluding hydrogens is 435 g/mol. The lowest BCUT2D eigenvalue weighted by atomic mass is 10.1. The van der Waals surface area contributed by atoms with Crippen molar-refractivity contribution in [3.05, 3.63) is 40.8 Å². The first-order chi connectivity index (χ1) is 13.6. The highest BCUT2D eigenvalue weighted by Gasteiger charge is 2.64. The minimum Gasteiger partial charge on any atom is -0.279 e. The zero-order valence-electron chi connectivity index (χ0n) is 15.4. The summed E-state index contributed by atoms with van der Waals surface area (Å²) in [5.74, 6) is -8.24. The average molecular weight is 448 g/mol. The Morgan fingerprint density at radius 2 is 1.70 bits per heavy atom. The summed E-state index contributed by atoms with van der Waals surface area (Å²) >= 11 is 0. The van der Waals surface area contributed by atoms with Crippen LogP contribution in [-0.2, 0) is 24.0 Å². The van der Waals surface area contributed by atoms with Gasteiger partial charge in [0.1, 0.15) is 5.56 Å². The van der Waals surface area contributed by atoms with Gasteiger partial charge >= 0.3 is 18.3 Å². The average Bonchev–Trinajstić information content (AvgIpc) is 2.93. The molecule has 14 heteroatoms. The molecule has 2 aromatic rings. The van der Waals surface area contributed by atoms with Gasteiger partial charge in [-0.2, -0.15) is 40.2 Å². The van der Waals surface area contributed by atoms with E-state index in [1.165, 1.54) is 19.2 Å². The van der Waals surface area contributed by atoms with Crippen molar-refractivity contribution in [1.29, 1.82) is 0 Å². The summed E-state index contributed by atoms with van der Waals surface area (Å²) in [5, 5.41) is 2.72. The van der Waals surface area contributed by atoms with Crippen LogP contribution in [0.3, 0.4) is 0 Å². The summed E-state index contributed by atoms with van der Waals surface area (Å²) in [4.78, 5) is 8.00. The number of aromatic nitrogens is 2. The minimum atomic E-state index is -6.33. The normalized spacial score (nSPS) is 13.7. The number of alkyl halides is 8. The molecule has 0 saturated carbocycles. The van der Waals surface area contributed by atoms with Gasteiger partial charge in [-0.05, 0) is 13.0 Å². The van der Waals surface area contributed by atoms with Crippen molar-refractivity contribution in [1.82, 2.24) is 9.78 Å². The summed E-state index contributed by atoms with van der Waals surface area (Å²) in [6.07, 6.45) is -12.0. The molecule has 0 aliphatic carbocycles. The molecular formula is C16H13F9N4O. The lowest BCUT2D eigenvalue weighted by Gasteiger charge is -2.19. The summed E-state index contributed by atoms with van der Waals surface area (Å²) in [5.41, 5.74) is -3.76. The van der Waals surface area contributed by atoms with Crippen LogP contribution in [0.15, 0.2) is 23.2 Å². The fraction of sp³-hybridized carbons (Fsp3) is 0.375. The molecule has 0 fully saturated rings. The quantitative estimate of drug-likeness (QED) is 0.382. The molecule has 0 amide bonds. The fourth-order valence-electron chi connectivity index (χ4n) is 2.48. The van der Waals surface area contributed by atoms with Gasteiger partial charge in [-0.1, -0.05) is 12.1 Å². The standard InChI is InChI=1S/C16H13F9N4O/c1-7(8-5-4-6-9(11(8)17)28-30-3)26-13-10(15(20,21)22)12(27-29(13)2)14(18,19)16(23,24)25/h4-6,28H,1-3H3. The van der Waals surface area contributed by atoms with Crippen molar-refractivity contribution in [2.75, 3.05) is 12.6 Å².